The minimum atomic E-state index is 0.910. The third-order valence-corrected chi connectivity index (χ3v) is 3.07. The first-order valence-electron chi connectivity index (χ1n) is 6.85. The van der Waals surface area contributed by atoms with Gasteiger partial charge in [-0.2, -0.15) is 5.10 Å². The third kappa shape index (κ3) is 2.78. The molecule has 0 aliphatic heterocycles. The molecule has 0 atom stereocenters. The van der Waals surface area contributed by atoms with Crippen LogP contribution >= 0.6 is 0 Å². The van der Waals surface area contributed by atoms with Gasteiger partial charge in [0, 0.05) is 17.3 Å². The summed E-state index contributed by atoms with van der Waals surface area (Å²) in [6.07, 6.45) is 4.46. The molecule has 3 heteroatoms. The number of hydrogen-bond acceptors (Lipinski definition) is 3. The van der Waals surface area contributed by atoms with Gasteiger partial charge in [0.05, 0.1) is 5.69 Å². The number of anilines is 1. The largest absolute Gasteiger partial charge is 0.368 e. The second kappa shape index (κ2) is 6.34. The molecule has 0 unspecified atom stereocenters. The highest BCUT2D eigenvalue weighted by Gasteiger charge is 2.07. The molecule has 0 aliphatic rings. The van der Waals surface area contributed by atoms with E-state index in [0.717, 1.165) is 30.9 Å². The van der Waals surface area contributed by atoms with Crippen LogP contribution < -0.4 is 5.32 Å². The lowest BCUT2D eigenvalue weighted by atomic mass is 10.1. The molecule has 0 saturated carbocycles. The SMILES string of the molecule is CCCCc1nnc(NCCC)c2ccccc12. The molecule has 18 heavy (non-hydrogen) atoms. The Morgan fingerprint density at radius 3 is 2.50 bits per heavy atom. The molecular weight excluding hydrogens is 222 g/mol. The van der Waals surface area contributed by atoms with Gasteiger partial charge in [-0.3, -0.25) is 0 Å². The molecule has 0 bridgehead atoms. The minimum absolute atomic E-state index is 0.910. The molecule has 1 aromatic heterocycles. The molecule has 0 spiro atoms. The topological polar surface area (TPSA) is 37.8 Å². The number of unbranched alkanes of at least 4 members (excludes halogenated alkanes) is 1. The Hall–Kier alpha value is -1.64. The van der Waals surface area contributed by atoms with Crippen molar-refractivity contribution in [3.05, 3.63) is 30.0 Å². The van der Waals surface area contributed by atoms with Gasteiger partial charge in [0.1, 0.15) is 0 Å². The Labute approximate surface area is 109 Å². The average molecular weight is 243 g/mol. The Balaban J connectivity index is 2.38. The van der Waals surface area contributed by atoms with Crippen molar-refractivity contribution in [3.8, 4) is 0 Å². The van der Waals surface area contributed by atoms with Crippen LogP contribution in [0, 0.1) is 0 Å². The summed E-state index contributed by atoms with van der Waals surface area (Å²) in [6, 6.07) is 8.40. The predicted molar refractivity (Wildman–Crippen MR) is 76.9 cm³/mol. The predicted octanol–water partition coefficient (Wildman–Crippen LogP) is 3.79. The van der Waals surface area contributed by atoms with E-state index < -0.39 is 0 Å². The second-order valence-electron chi connectivity index (χ2n) is 4.57. The van der Waals surface area contributed by atoms with Crippen LogP contribution in [-0.4, -0.2) is 16.7 Å². The summed E-state index contributed by atoms with van der Waals surface area (Å²) >= 11 is 0. The average Bonchev–Trinajstić information content (AvgIpc) is 2.43. The van der Waals surface area contributed by atoms with E-state index in [1.54, 1.807) is 0 Å². The molecule has 0 aliphatic carbocycles. The first-order valence-corrected chi connectivity index (χ1v) is 6.85. The van der Waals surface area contributed by atoms with Crippen molar-refractivity contribution in [1.29, 1.82) is 0 Å². The van der Waals surface area contributed by atoms with Crippen molar-refractivity contribution in [2.24, 2.45) is 0 Å². The molecule has 1 heterocycles. The Morgan fingerprint density at radius 1 is 1.00 bits per heavy atom. The number of benzene rings is 1. The van der Waals surface area contributed by atoms with Gasteiger partial charge in [0.15, 0.2) is 5.82 Å². The summed E-state index contributed by atoms with van der Waals surface area (Å²) in [5, 5.41) is 14.5. The number of rotatable bonds is 6. The van der Waals surface area contributed by atoms with Crippen LogP contribution in [-0.2, 0) is 6.42 Å². The molecule has 2 aromatic rings. The second-order valence-corrected chi connectivity index (χ2v) is 4.57. The van der Waals surface area contributed by atoms with E-state index in [4.69, 9.17) is 0 Å². The minimum Gasteiger partial charge on any atom is -0.368 e. The highest BCUT2D eigenvalue weighted by molar-refractivity contribution is 5.92. The van der Waals surface area contributed by atoms with Crippen LogP contribution in [0.2, 0.25) is 0 Å². The lowest BCUT2D eigenvalue weighted by molar-refractivity contribution is 0.767. The number of nitrogens with one attached hydrogen (secondary N) is 1. The van der Waals surface area contributed by atoms with Gasteiger partial charge in [-0.1, -0.05) is 44.5 Å². The van der Waals surface area contributed by atoms with Crippen LogP contribution in [0.4, 0.5) is 5.82 Å². The summed E-state index contributed by atoms with van der Waals surface area (Å²) in [5.74, 6) is 0.910. The quantitative estimate of drug-likeness (QED) is 0.838. The first kappa shape index (κ1) is 12.8. The summed E-state index contributed by atoms with van der Waals surface area (Å²) in [4.78, 5) is 0. The molecule has 1 aromatic carbocycles. The molecule has 3 nitrogen and oxygen atoms in total. The maximum absolute atomic E-state index is 4.38. The summed E-state index contributed by atoms with van der Waals surface area (Å²) in [5.41, 5.74) is 1.12. The molecule has 1 N–H and O–H groups in total. The van der Waals surface area contributed by atoms with Crippen LogP contribution in [0.1, 0.15) is 38.8 Å². The Morgan fingerprint density at radius 2 is 1.78 bits per heavy atom. The summed E-state index contributed by atoms with van der Waals surface area (Å²) < 4.78 is 0. The molecule has 0 fully saturated rings. The number of hydrogen-bond donors (Lipinski definition) is 1. The lowest BCUT2D eigenvalue weighted by Crippen LogP contribution is -2.05. The van der Waals surface area contributed by atoms with Crippen molar-refractivity contribution in [2.75, 3.05) is 11.9 Å². The molecule has 96 valence electrons. The van der Waals surface area contributed by atoms with E-state index in [-0.39, 0.29) is 0 Å². The van der Waals surface area contributed by atoms with Crippen molar-refractivity contribution in [2.45, 2.75) is 39.5 Å². The number of aryl methyl sites for hydroxylation is 1. The molecule has 0 radical (unpaired) electrons. The maximum Gasteiger partial charge on any atom is 0.156 e. The van der Waals surface area contributed by atoms with Crippen LogP contribution in [0.3, 0.4) is 0 Å². The van der Waals surface area contributed by atoms with Gasteiger partial charge < -0.3 is 5.32 Å². The van der Waals surface area contributed by atoms with Crippen molar-refractivity contribution < 1.29 is 0 Å². The highest BCUT2D eigenvalue weighted by atomic mass is 15.2. The highest BCUT2D eigenvalue weighted by Crippen LogP contribution is 2.23. The van der Waals surface area contributed by atoms with Crippen molar-refractivity contribution in [3.63, 3.8) is 0 Å². The third-order valence-electron chi connectivity index (χ3n) is 3.07. The van der Waals surface area contributed by atoms with E-state index >= 15 is 0 Å². The number of aromatic nitrogens is 2. The van der Waals surface area contributed by atoms with Crippen molar-refractivity contribution in [1.82, 2.24) is 10.2 Å². The van der Waals surface area contributed by atoms with Gasteiger partial charge in [-0.25, -0.2) is 0 Å². The first-order chi connectivity index (χ1) is 8.86. The fraction of sp³-hybridized carbons (Fsp3) is 0.467. The van der Waals surface area contributed by atoms with Crippen molar-refractivity contribution >= 4 is 16.6 Å². The van der Waals surface area contributed by atoms with Crippen LogP contribution in [0.25, 0.3) is 10.8 Å². The number of nitrogens with zero attached hydrogens (tertiary/aromatic N) is 2. The van der Waals surface area contributed by atoms with Gasteiger partial charge in [-0.05, 0) is 19.3 Å². The normalized spacial score (nSPS) is 10.8. The molecule has 0 amide bonds. The summed E-state index contributed by atoms with van der Waals surface area (Å²) in [7, 11) is 0. The van der Waals surface area contributed by atoms with E-state index in [1.807, 2.05) is 0 Å². The van der Waals surface area contributed by atoms with Crippen LogP contribution in [0.5, 0.6) is 0 Å². The number of fused-ring (bicyclic) bond motifs is 1. The van der Waals surface area contributed by atoms with E-state index in [1.165, 1.54) is 23.6 Å². The van der Waals surface area contributed by atoms with Gasteiger partial charge >= 0.3 is 0 Å². The van der Waals surface area contributed by atoms with Gasteiger partial charge in [0.25, 0.3) is 0 Å². The maximum atomic E-state index is 4.38. The smallest absolute Gasteiger partial charge is 0.156 e. The van der Waals surface area contributed by atoms with Crippen LogP contribution in [0.15, 0.2) is 24.3 Å². The molecule has 2 rings (SSSR count). The monoisotopic (exact) mass is 243 g/mol. The van der Waals surface area contributed by atoms with Gasteiger partial charge in [0.2, 0.25) is 0 Å². The zero-order chi connectivity index (χ0) is 12.8. The lowest BCUT2D eigenvalue weighted by Gasteiger charge is -2.10. The zero-order valence-electron chi connectivity index (χ0n) is 11.2. The zero-order valence-corrected chi connectivity index (χ0v) is 11.2. The summed E-state index contributed by atoms with van der Waals surface area (Å²) in [6.45, 7) is 5.29. The van der Waals surface area contributed by atoms with E-state index in [9.17, 15) is 0 Å². The molecule has 0 saturated heterocycles. The Bertz CT molecular complexity index is 462. The van der Waals surface area contributed by atoms with E-state index in [2.05, 4.69) is 53.6 Å². The van der Waals surface area contributed by atoms with Gasteiger partial charge in [-0.15, -0.1) is 5.10 Å². The van der Waals surface area contributed by atoms with E-state index in [0.29, 0.717) is 0 Å². The fourth-order valence-electron chi connectivity index (χ4n) is 2.06. The fourth-order valence-corrected chi connectivity index (χ4v) is 2.06. The molecular formula is C15H21N3. The Kier molecular flexibility index (Phi) is 4.51. The standard InChI is InChI=1S/C15H21N3/c1-3-5-10-14-12-8-6-7-9-13(12)15(18-17-14)16-11-4-2/h6-9H,3-5,10-11H2,1-2H3,(H,16,18).